The SMILES string of the molecule is CN(CCC#N)C(=O)c1ccc(O)cc1. The van der Waals surface area contributed by atoms with Crippen LogP contribution < -0.4 is 0 Å². The van der Waals surface area contributed by atoms with E-state index < -0.39 is 0 Å². The van der Waals surface area contributed by atoms with Crippen molar-refractivity contribution in [2.75, 3.05) is 13.6 Å². The van der Waals surface area contributed by atoms with Crippen molar-refractivity contribution in [2.45, 2.75) is 6.42 Å². The van der Waals surface area contributed by atoms with Crippen molar-refractivity contribution in [3.8, 4) is 11.8 Å². The summed E-state index contributed by atoms with van der Waals surface area (Å²) in [5.74, 6) is -0.0172. The third-order valence-corrected chi connectivity index (χ3v) is 2.02. The summed E-state index contributed by atoms with van der Waals surface area (Å²) in [6, 6.07) is 8.02. The van der Waals surface area contributed by atoms with E-state index in [0.717, 1.165) is 0 Å². The number of nitrogens with zero attached hydrogens (tertiary/aromatic N) is 2. The fourth-order valence-electron chi connectivity index (χ4n) is 1.14. The Kier molecular flexibility index (Phi) is 3.69. The number of hydrogen-bond donors (Lipinski definition) is 1. The number of phenolic OH excluding ortho intramolecular Hbond substituents is 1. The summed E-state index contributed by atoms with van der Waals surface area (Å²) >= 11 is 0. The van der Waals surface area contributed by atoms with Crippen LogP contribution >= 0.6 is 0 Å². The van der Waals surface area contributed by atoms with Crippen LogP contribution in [-0.4, -0.2) is 29.5 Å². The third-order valence-electron chi connectivity index (χ3n) is 2.02. The summed E-state index contributed by atoms with van der Waals surface area (Å²) in [5.41, 5.74) is 0.508. The van der Waals surface area contributed by atoms with Crippen LogP contribution in [0.15, 0.2) is 24.3 Å². The van der Waals surface area contributed by atoms with Gasteiger partial charge in [0.25, 0.3) is 5.91 Å². The van der Waals surface area contributed by atoms with Gasteiger partial charge in [-0.25, -0.2) is 0 Å². The molecule has 4 nitrogen and oxygen atoms in total. The van der Waals surface area contributed by atoms with Gasteiger partial charge in [0.2, 0.25) is 0 Å². The average Bonchev–Trinajstić information content (AvgIpc) is 2.26. The largest absolute Gasteiger partial charge is 0.508 e. The number of phenols is 1. The Hall–Kier alpha value is -2.02. The Morgan fingerprint density at radius 1 is 1.47 bits per heavy atom. The van der Waals surface area contributed by atoms with E-state index in [9.17, 15) is 4.79 Å². The van der Waals surface area contributed by atoms with Gasteiger partial charge in [0.05, 0.1) is 12.5 Å². The Bertz CT molecular complexity index is 379. The maximum absolute atomic E-state index is 11.7. The zero-order valence-corrected chi connectivity index (χ0v) is 8.47. The Balaban J connectivity index is 2.68. The second-order valence-corrected chi connectivity index (χ2v) is 3.18. The second kappa shape index (κ2) is 5.01. The van der Waals surface area contributed by atoms with Gasteiger partial charge >= 0.3 is 0 Å². The quantitative estimate of drug-likeness (QED) is 0.808. The predicted octanol–water partition coefficient (Wildman–Crippen LogP) is 1.38. The molecule has 0 unspecified atom stereocenters. The fourth-order valence-corrected chi connectivity index (χ4v) is 1.14. The molecular formula is C11H12N2O2. The topological polar surface area (TPSA) is 64.3 Å². The molecule has 78 valence electrons. The van der Waals surface area contributed by atoms with Crippen molar-refractivity contribution >= 4 is 5.91 Å². The molecule has 0 aromatic heterocycles. The highest BCUT2D eigenvalue weighted by Gasteiger charge is 2.10. The van der Waals surface area contributed by atoms with Gasteiger partial charge in [-0.3, -0.25) is 4.79 Å². The van der Waals surface area contributed by atoms with Crippen LogP contribution in [0.1, 0.15) is 16.8 Å². The molecule has 0 aliphatic rings. The average molecular weight is 204 g/mol. The first kappa shape index (κ1) is 11.1. The first-order chi connectivity index (χ1) is 7.15. The van der Waals surface area contributed by atoms with Gasteiger partial charge < -0.3 is 10.0 Å². The van der Waals surface area contributed by atoms with Gasteiger partial charge in [0.1, 0.15) is 5.75 Å². The molecule has 0 atom stereocenters. The molecule has 1 aromatic rings. The van der Waals surface area contributed by atoms with Crippen LogP contribution in [-0.2, 0) is 0 Å². The number of benzene rings is 1. The van der Waals surface area contributed by atoms with Crippen molar-refractivity contribution < 1.29 is 9.90 Å². The van der Waals surface area contributed by atoms with Crippen LogP contribution in [0.5, 0.6) is 5.75 Å². The van der Waals surface area contributed by atoms with Gasteiger partial charge in [-0.2, -0.15) is 5.26 Å². The molecule has 1 amide bonds. The fraction of sp³-hybridized carbons (Fsp3) is 0.273. The normalized spacial score (nSPS) is 9.33. The molecule has 1 rings (SSSR count). The number of rotatable bonds is 3. The van der Waals surface area contributed by atoms with E-state index in [1.807, 2.05) is 6.07 Å². The highest BCUT2D eigenvalue weighted by molar-refractivity contribution is 5.94. The van der Waals surface area contributed by atoms with Crippen molar-refractivity contribution in [3.05, 3.63) is 29.8 Å². The lowest BCUT2D eigenvalue weighted by molar-refractivity contribution is 0.0798. The number of carbonyl (C=O) groups excluding carboxylic acids is 1. The zero-order chi connectivity index (χ0) is 11.3. The Labute approximate surface area is 88.4 Å². The molecule has 0 radical (unpaired) electrons. The molecule has 0 saturated heterocycles. The lowest BCUT2D eigenvalue weighted by Crippen LogP contribution is -2.27. The molecule has 4 heteroatoms. The summed E-state index contributed by atoms with van der Waals surface area (Å²) < 4.78 is 0. The van der Waals surface area contributed by atoms with Gasteiger partial charge in [-0.1, -0.05) is 0 Å². The van der Waals surface area contributed by atoms with E-state index in [1.54, 1.807) is 19.2 Å². The minimum atomic E-state index is -0.148. The van der Waals surface area contributed by atoms with Crippen LogP contribution in [0.4, 0.5) is 0 Å². The summed E-state index contributed by atoms with van der Waals surface area (Å²) in [7, 11) is 1.65. The molecule has 0 aliphatic carbocycles. The molecule has 0 saturated carbocycles. The lowest BCUT2D eigenvalue weighted by atomic mass is 10.2. The molecular weight excluding hydrogens is 192 g/mol. The van der Waals surface area contributed by atoms with E-state index in [-0.39, 0.29) is 11.7 Å². The van der Waals surface area contributed by atoms with Crippen LogP contribution in [0, 0.1) is 11.3 Å². The predicted molar refractivity (Wildman–Crippen MR) is 55.3 cm³/mol. The minimum absolute atomic E-state index is 0.131. The van der Waals surface area contributed by atoms with Gasteiger partial charge in [-0.15, -0.1) is 0 Å². The van der Waals surface area contributed by atoms with Crippen molar-refractivity contribution in [2.24, 2.45) is 0 Å². The standard InChI is InChI=1S/C11H12N2O2/c1-13(8-2-7-12)11(15)9-3-5-10(14)6-4-9/h3-6,14H,2,8H2,1H3. The van der Waals surface area contributed by atoms with Gasteiger partial charge in [-0.05, 0) is 24.3 Å². The minimum Gasteiger partial charge on any atom is -0.508 e. The van der Waals surface area contributed by atoms with Crippen LogP contribution in [0.25, 0.3) is 0 Å². The lowest BCUT2D eigenvalue weighted by Gasteiger charge is -2.15. The first-order valence-corrected chi connectivity index (χ1v) is 4.56. The molecule has 0 bridgehead atoms. The van der Waals surface area contributed by atoms with Crippen molar-refractivity contribution in [3.63, 3.8) is 0 Å². The molecule has 1 aromatic carbocycles. The van der Waals surface area contributed by atoms with Crippen LogP contribution in [0.3, 0.4) is 0 Å². The van der Waals surface area contributed by atoms with E-state index >= 15 is 0 Å². The van der Waals surface area contributed by atoms with E-state index in [2.05, 4.69) is 0 Å². The Morgan fingerprint density at radius 2 is 2.07 bits per heavy atom. The maximum atomic E-state index is 11.7. The van der Waals surface area contributed by atoms with E-state index in [4.69, 9.17) is 10.4 Å². The molecule has 0 fully saturated rings. The highest BCUT2D eigenvalue weighted by Crippen LogP contribution is 2.11. The number of nitriles is 1. The summed E-state index contributed by atoms with van der Waals surface area (Å²) in [6.45, 7) is 0.413. The number of hydrogen-bond acceptors (Lipinski definition) is 3. The van der Waals surface area contributed by atoms with E-state index in [1.165, 1.54) is 17.0 Å². The monoisotopic (exact) mass is 204 g/mol. The second-order valence-electron chi connectivity index (χ2n) is 3.18. The maximum Gasteiger partial charge on any atom is 0.253 e. The zero-order valence-electron chi connectivity index (χ0n) is 8.47. The van der Waals surface area contributed by atoms with Gasteiger partial charge in [0.15, 0.2) is 0 Å². The summed E-state index contributed by atoms with van der Waals surface area (Å²) in [5, 5.41) is 17.4. The van der Waals surface area contributed by atoms with Gasteiger partial charge in [0, 0.05) is 19.2 Å². The number of aromatic hydroxyl groups is 1. The molecule has 0 aliphatic heterocycles. The van der Waals surface area contributed by atoms with E-state index in [0.29, 0.717) is 18.5 Å². The smallest absolute Gasteiger partial charge is 0.253 e. The summed E-state index contributed by atoms with van der Waals surface area (Å²) in [6.07, 6.45) is 0.320. The number of carbonyl (C=O) groups is 1. The first-order valence-electron chi connectivity index (χ1n) is 4.56. The molecule has 0 heterocycles. The van der Waals surface area contributed by atoms with Crippen LogP contribution in [0.2, 0.25) is 0 Å². The Morgan fingerprint density at radius 3 is 2.60 bits per heavy atom. The van der Waals surface area contributed by atoms with Crippen molar-refractivity contribution in [1.29, 1.82) is 5.26 Å². The molecule has 1 N–H and O–H groups in total. The molecule has 15 heavy (non-hydrogen) atoms. The highest BCUT2D eigenvalue weighted by atomic mass is 16.3. The number of amides is 1. The third kappa shape index (κ3) is 2.99. The summed E-state index contributed by atoms with van der Waals surface area (Å²) in [4.78, 5) is 13.2. The van der Waals surface area contributed by atoms with Crippen molar-refractivity contribution in [1.82, 2.24) is 4.90 Å². The molecule has 0 spiro atoms.